The second-order valence-corrected chi connectivity index (χ2v) is 8.78. The van der Waals surface area contributed by atoms with Crippen LogP contribution >= 0.6 is 0 Å². The van der Waals surface area contributed by atoms with Gasteiger partial charge in [-0.2, -0.15) is 0 Å². The van der Waals surface area contributed by atoms with E-state index in [1.54, 1.807) is 0 Å². The van der Waals surface area contributed by atoms with Gasteiger partial charge in [-0.1, -0.05) is 78.9 Å². The van der Waals surface area contributed by atoms with Gasteiger partial charge in [0.15, 0.2) is 0 Å². The van der Waals surface area contributed by atoms with Gasteiger partial charge in [-0.05, 0) is 102 Å². The molecule has 33 heavy (non-hydrogen) atoms. The third-order valence-electron chi connectivity index (χ3n) is 6.45. The van der Waals surface area contributed by atoms with Crippen LogP contribution in [0.2, 0.25) is 0 Å². The normalized spacial score (nSPS) is 13.0. The molecule has 1 heteroatoms. The lowest BCUT2D eigenvalue weighted by atomic mass is 9.93. The highest BCUT2D eigenvalue weighted by molar-refractivity contribution is 5.78. The Morgan fingerprint density at radius 3 is 1.91 bits per heavy atom. The number of rotatable bonds is 5. The first-order chi connectivity index (χ1) is 16.2. The summed E-state index contributed by atoms with van der Waals surface area (Å²) in [5, 5.41) is 3.53. The SMILES string of the molecule is Cc1ccccc1-c1cc(-c2ccc(Nc3ccc(C4=CC=CCC4)cc3)cc2)ccc1C. The molecule has 162 valence electrons. The maximum atomic E-state index is 3.53. The molecular weight excluding hydrogens is 398 g/mol. The minimum atomic E-state index is 1.09. The van der Waals surface area contributed by atoms with Gasteiger partial charge < -0.3 is 5.32 Å². The van der Waals surface area contributed by atoms with Crippen molar-refractivity contribution < 1.29 is 0 Å². The Balaban J connectivity index is 1.34. The molecule has 1 aliphatic rings. The summed E-state index contributed by atoms with van der Waals surface area (Å²) in [5.74, 6) is 0. The number of benzene rings is 4. The highest BCUT2D eigenvalue weighted by Gasteiger charge is 2.08. The number of hydrogen-bond donors (Lipinski definition) is 1. The van der Waals surface area contributed by atoms with Crippen molar-refractivity contribution in [3.8, 4) is 22.3 Å². The first-order valence-corrected chi connectivity index (χ1v) is 11.7. The van der Waals surface area contributed by atoms with E-state index in [1.807, 2.05) is 0 Å². The van der Waals surface area contributed by atoms with Gasteiger partial charge in [0.05, 0.1) is 0 Å². The summed E-state index contributed by atoms with van der Waals surface area (Å²) in [6.45, 7) is 4.36. The van der Waals surface area contributed by atoms with Crippen LogP contribution in [-0.4, -0.2) is 0 Å². The van der Waals surface area contributed by atoms with Crippen LogP contribution in [0, 0.1) is 13.8 Å². The van der Waals surface area contributed by atoms with Gasteiger partial charge in [-0.25, -0.2) is 0 Å². The monoisotopic (exact) mass is 427 g/mol. The number of allylic oxidation sites excluding steroid dienone is 4. The largest absolute Gasteiger partial charge is 0.356 e. The van der Waals surface area contributed by atoms with E-state index in [4.69, 9.17) is 0 Å². The molecule has 0 saturated heterocycles. The molecule has 1 aliphatic carbocycles. The van der Waals surface area contributed by atoms with Crippen molar-refractivity contribution in [3.63, 3.8) is 0 Å². The molecule has 0 spiro atoms. The maximum Gasteiger partial charge on any atom is 0.0384 e. The first kappa shape index (κ1) is 21.0. The molecule has 5 rings (SSSR count). The van der Waals surface area contributed by atoms with Gasteiger partial charge in [0.25, 0.3) is 0 Å². The van der Waals surface area contributed by atoms with Crippen molar-refractivity contribution in [2.75, 3.05) is 5.32 Å². The van der Waals surface area contributed by atoms with Crippen LogP contribution in [0.15, 0.2) is 109 Å². The van der Waals surface area contributed by atoms with Crippen LogP contribution in [0.25, 0.3) is 27.8 Å². The second-order valence-electron chi connectivity index (χ2n) is 8.78. The lowest BCUT2D eigenvalue weighted by molar-refractivity contribution is 1.05. The Labute approximate surface area is 197 Å². The van der Waals surface area contributed by atoms with E-state index in [0.717, 1.165) is 24.2 Å². The summed E-state index contributed by atoms with van der Waals surface area (Å²) in [6.07, 6.45) is 8.86. The Kier molecular flexibility index (Phi) is 5.95. The van der Waals surface area contributed by atoms with E-state index in [-0.39, 0.29) is 0 Å². The zero-order valence-corrected chi connectivity index (χ0v) is 19.3. The molecule has 1 nitrogen and oxygen atoms in total. The fraction of sp³-hybridized carbons (Fsp3) is 0.125. The molecule has 0 aromatic heterocycles. The molecule has 0 amide bonds. The lowest BCUT2D eigenvalue weighted by Gasteiger charge is -2.13. The van der Waals surface area contributed by atoms with Gasteiger partial charge in [0, 0.05) is 11.4 Å². The summed E-state index contributed by atoms with van der Waals surface area (Å²) in [6, 6.07) is 32.8. The van der Waals surface area contributed by atoms with Gasteiger partial charge in [0.1, 0.15) is 0 Å². The molecular formula is C32H29N. The van der Waals surface area contributed by atoms with Crippen molar-refractivity contribution in [1.82, 2.24) is 0 Å². The Bertz CT molecular complexity index is 1320. The molecule has 0 heterocycles. The summed E-state index contributed by atoms with van der Waals surface area (Å²) in [7, 11) is 0. The fourth-order valence-electron chi connectivity index (χ4n) is 4.49. The smallest absolute Gasteiger partial charge is 0.0384 e. The molecule has 0 unspecified atom stereocenters. The van der Waals surface area contributed by atoms with Gasteiger partial charge >= 0.3 is 0 Å². The summed E-state index contributed by atoms with van der Waals surface area (Å²) < 4.78 is 0. The predicted octanol–water partition coefficient (Wildman–Crippen LogP) is 9.11. The molecule has 0 atom stereocenters. The first-order valence-electron chi connectivity index (χ1n) is 11.7. The van der Waals surface area contributed by atoms with Gasteiger partial charge in [-0.3, -0.25) is 0 Å². The van der Waals surface area contributed by atoms with Gasteiger partial charge in [-0.15, -0.1) is 0 Å². The highest BCUT2D eigenvalue weighted by atomic mass is 14.9. The molecule has 0 fully saturated rings. The highest BCUT2D eigenvalue weighted by Crippen LogP contribution is 2.32. The number of aryl methyl sites for hydroxylation is 2. The van der Waals surface area contributed by atoms with Crippen LogP contribution < -0.4 is 5.32 Å². The van der Waals surface area contributed by atoms with Crippen LogP contribution in [0.5, 0.6) is 0 Å². The zero-order chi connectivity index (χ0) is 22.6. The molecule has 0 radical (unpaired) electrons. The molecule has 0 bridgehead atoms. The van der Waals surface area contributed by atoms with E-state index < -0.39 is 0 Å². The van der Waals surface area contributed by atoms with E-state index in [9.17, 15) is 0 Å². The quantitative estimate of drug-likeness (QED) is 0.335. The lowest BCUT2D eigenvalue weighted by Crippen LogP contribution is -1.92. The molecule has 4 aromatic carbocycles. The zero-order valence-electron chi connectivity index (χ0n) is 19.3. The third-order valence-corrected chi connectivity index (χ3v) is 6.45. The van der Waals surface area contributed by atoms with Crippen LogP contribution in [-0.2, 0) is 0 Å². The van der Waals surface area contributed by atoms with Crippen LogP contribution in [0.4, 0.5) is 11.4 Å². The van der Waals surface area contributed by atoms with Crippen molar-refractivity contribution in [2.24, 2.45) is 0 Å². The van der Waals surface area contributed by atoms with Crippen molar-refractivity contribution in [1.29, 1.82) is 0 Å². The van der Waals surface area contributed by atoms with Crippen molar-refractivity contribution >= 4 is 16.9 Å². The van der Waals surface area contributed by atoms with Crippen molar-refractivity contribution in [2.45, 2.75) is 26.7 Å². The molecule has 1 N–H and O–H groups in total. The average molecular weight is 428 g/mol. The van der Waals surface area contributed by atoms with Crippen LogP contribution in [0.1, 0.15) is 29.5 Å². The maximum absolute atomic E-state index is 3.53. The molecule has 0 saturated carbocycles. The summed E-state index contributed by atoms with van der Waals surface area (Å²) in [4.78, 5) is 0. The fourth-order valence-corrected chi connectivity index (χ4v) is 4.49. The minimum Gasteiger partial charge on any atom is -0.356 e. The van der Waals surface area contributed by atoms with E-state index in [2.05, 4.69) is 128 Å². The minimum absolute atomic E-state index is 1.09. The van der Waals surface area contributed by atoms with Crippen molar-refractivity contribution in [3.05, 3.63) is 126 Å². The number of anilines is 2. The second kappa shape index (κ2) is 9.34. The van der Waals surface area contributed by atoms with E-state index in [1.165, 1.54) is 44.5 Å². The van der Waals surface area contributed by atoms with E-state index in [0.29, 0.717) is 0 Å². The van der Waals surface area contributed by atoms with Crippen LogP contribution in [0.3, 0.4) is 0 Å². The topological polar surface area (TPSA) is 12.0 Å². The Hall–Kier alpha value is -3.84. The predicted molar refractivity (Wildman–Crippen MR) is 143 cm³/mol. The molecule has 4 aromatic rings. The Morgan fingerprint density at radius 2 is 1.24 bits per heavy atom. The number of nitrogens with one attached hydrogen (secondary N) is 1. The van der Waals surface area contributed by atoms with Gasteiger partial charge in [0.2, 0.25) is 0 Å². The summed E-state index contributed by atoms with van der Waals surface area (Å²) >= 11 is 0. The summed E-state index contributed by atoms with van der Waals surface area (Å²) in [5.41, 5.74) is 12.6. The Morgan fingerprint density at radius 1 is 0.606 bits per heavy atom. The van der Waals surface area contributed by atoms with E-state index >= 15 is 0 Å². The standard InChI is InChI=1S/C32H29N/c1-23-8-6-7-11-31(23)32-22-28(13-12-24(32)2)27-16-20-30(21-17-27)33-29-18-14-26(15-19-29)25-9-4-3-5-10-25/h3-4,6-9,11-22,33H,5,10H2,1-2H3. The third kappa shape index (κ3) is 4.68. The molecule has 0 aliphatic heterocycles. The number of hydrogen-bond acceptors (Lipinski definition) is 1. The average Bonchev–Trinajstić information content (AvgIpc) is 2.86.